The zero-order valence-electron chi connectivity index (χ0n) is 9.45. The van der Waals surface area contributed by atoms with Crippen molar-refractivity contribution in [1.29, 1.82) is 5.26 Å². The molecule has 0 unspecified atom stereocenters. The topological polar surface area (TPSA) is 35.8 Å². The third-order valence-corrected chi connectivity index (χ3v) is 2.80. The minimum absolute atomic E-state index is 0.261. The molecule has 0 saturated heterocycles. The highest BCUT2D eigenvalue weighted by Gasteiger charge is 2.01. The van der Waals surface area contributed by atoms with Gasteiger partial charge in [0.05, 0.1) is 10.6 Å². The number of halogens is 2. The minimum Gasteiger partial charge on any atom is -0.381 e. The third kappa shape index (κ3) is 2.99. The maximum Gasteiger partial charge on any atom is 0.123 e. The van der Waals surface area contributed by atoms with Gasteiger partial charge in [0.2, 0.25) is 0 Å². The van der Waals surface area contributed by atoms with E-state index >= 15 is 0 Å². The SMILES string of the molecule is N#Cc1cc(NCc2cccc(F)c2)ccc1Cl. The van der Waals surface area contributed by atoms with Gasteiger partial charge in [-0.2, -0.15) is 5.26 Å². The Hall–Kier alpha value is -2.05. The van der Waals surface area contributed by atoms with Gasteiger partial charge in [-0.25, -0.2) is 4.39 Å². The molecular formula is C14H10ClFN2. The summed E-state index contributed by atoms with van der Waals surface area (Å²) in [6.45, 7) is 0.490. The number of hydrogen-bond donors (Lipinski definition) is 1. The summed E-state index contributed by atoms with van der Waals surface area (Å²) in [4.78, 5) is 0. The molecule has 0 atom stereocenters. The Bertz CT molecular complexity index is 605. The molecule has 18 heavy (non-hydrogen) atoms. The first kappa shape index (κ1) is 12.4. The molecule has 0 amide bonds. The van der Waals surface area contributed by atoms with E-state index in [0.29, 0.717) is 17.1 Å². The van der Waals surface area contributed by atoms with Gasteiger partial charge in [-0.3, -0.25) is 0 Å². The van der Waals surface area contributed by atoms with Crippen LogP contribution in [0.3, 0.4) is 0 Å². The van der Waals surface area contributed by atoms with E-state index in [4.69, 9.17) is 16.9 Å². The van der Waals surface area contributed by atoms with Gasteiger partial charge in [-0.05, 0) is 35.9 Å². The largest absolute Gasteiger partial charge is 0.381 e. The van der Waals surface area contributed by atoms with Crippen LogP contribution in [-0.4, -0.2) is 0 Å². The zero-order chi connectivity index (χ0) is 13.0. The summed E-state index contributed by atoms with van der Waals surface area (Å²) >= 11 is 5.83. The van der Waals surface area contributed by atoms with Crippen molar-refractivity contribution in [3.05, 3.63) is 64.4 Å². The summed E-state index contributed by atoms with van der Waals surface area (Å²) in [5.41, 5.74) is 2.03. The van der Waals surface area contributed by atoms with Crippen LogP contribution in [-0.2, 0) is 6.54 Å². The third-order valence-electron chi connectivity index (χ3n) is 2.47. The number of rotatable bonds is 3. The van der Waals surface area contributed by atoms with Gasteiger partial charge in [0.25, 0.3) is 0 Å². The van der Waals surface area contributed by atoms with Crippen LogP contribution in [0.2, 0.25) is 5.02 Å². The first-order valence-electron chi connectivity index (χ1n) is 5.37. The van der Waals surface area contributed by atoms with Crippen molar-refractivity contribution in [3.8, 4) is 6.07 Å². The highest BCUT2D eigenvalue weighted by Crippen LogP contribution is 2.20. The molecule has 0 aromatic heterocycles. The van der Waals surface area contributed by atoms with Crippen LogP contribution >= 0.6 is 11.6 Å². The molecule has 0 aliphatic carbocycles. The molecule has 4 heteroatoms. The first-order valence-corrected chi connectivity index (χ1v) is 5.75. The lowest BCUT2D eigenvalue weighted by Crippen LogP contribution is -2.00. The second kappa shape index (κ2) is 5.52. The summed E-state index contributed by atoms with van der Waals surface area (Å²) in [5, 5.41) is 12.4. The maximum absolute atomic E-state index is 13.0. The zero-order valence-corrected chi connectivity index (χ0v) is 10.2. The van der Waals surface area contributed by atoms with E-state index < -0.39 is 0 Å². The quantitative estimate of drug-likeness (QED) is 0.907. The van der Waals surface area contributed by atoms with Crippen LogP contribution in [0.1, 0.15) is 11.1 Å². The molecule has 90 valence electrons. The van der Waals surface area contributed by atoms with Crippen molar-refractivity contribution in [2.75, 3.05) is 5.32 Å². The Kier molecular flexibility index (Phi) is 3.81. The van der Waals surface area contributed by atoms with Gasteiger partial charge in [0.1, 0.15) is 11.9 Å². The first-order chi connectivity index (χ1) is 8.69. The predicted octanol–water partition coefficient (Wildman–Crippen LogP) is 3.96. The van der Waals surface area contributed by atoms with Crippen molar-refractivity contribution in [3.63, 3.8) is 0 Å². The molecule has 2 aromatic carbocycles. The molecule has 0 aliphatic heterocycles. The van der Waals surface area contributed by atoms with Crippen molar-refractivity contribution >= 4 is 17.3 Å². The van der Waals surface area contributed by atoms with Gasteiger partial charge in [0, 0.05) is 12.2 Å². The van der Waals surface area contributed by atoms with Crippen LogP contribution in [0.5, 0.6) is 0 Å². The lowest BCUT2D eigenvalue weighted by atomic mass is 10.2. The average Bonchev–Trinajstić information content (AvgIpc) is 2.38. The molecule has 2 aromatic rings. The molecule has 0 fully saturated rings. The standard InChI is InChI=1S/C14H10ClFN2/c15-14-5-4-13(7-11(14)8-17)18-9-10-2-1-3-12(16)6-10/h1-7,18H,9H2. The lowest BCUT2D eigenvalue weighted by molar-refractivity contribution is 0.626. The lowest BCUT2D eigenvalue weighted by Gasteiger charge is -2.07. The van der Waals surface area contributed by atoms with Crippen molar-refractivity contribution in [1.82, 2.24) is 0 Å². The fraction of sp³-hybridized carbons (Fsp3) is 0.0714. The highest BCUT2D eigenvalue weighted by molar-refractivity contribution is 6.31. The van der Waals surface area contributed by atoms with E-state index in [-0.39, 0.29) is 5.82 Å². The Morgan fingerprint density at radius 2 is 2.06 bits per heavy atom. The molecule has 2 nitrogen and oxygen atoms in total. The number of anilines is 1. The van der Waals surface area contributed by atoms with Gasteiger partial charge in [-0.1, -0.05) is 23.7 Å². The molecule has 0 bridgehead atoms. The fourth-order valence-electron chi connectivity index (χ4n) is 1.57. The van der Waals surface area contributed by atoms with E-state index in [1.54, 1.807) is 24.3 Å². The average molecular weight is 261 g/mol. The van der Waals surface area contributed by atoms with E-state index in [9.17, 15) is 4.39 Å². The van der Waals surface area contributed by atoms with E-state index in [2.05, 4.69) is 5.32 Å². The monoisotopic (exact) mass is 260 g/mol. The van der Waals surface area contributed by atoms with E-state index in [1.807, 2.05) is 12.1 Å². The summed E-state index contributed by atoms with van der Waals surface area (Å²) < 4.78 is 13.0. The van der Waals surface area contributed by atoms with Gasteiger partial charge in [0.15, 0.2) is 0 Å². The molecule has 0 radical (unpaired) electrons. The number of nitriles is 1. The Morgan fingerprint density at radius 3 is 2.78 bits per heavy atom. The van der Waals surface area contributed by atoms with Gasteiger partial charge < -0.3 is 5.32 Å². The Balaban J connectivity index is 2.09. The van der Waals surface area contributed by atoms with E-state index in [1.165, 1.54) is 12.1 Å². The molecule has 2 rings (SSSR count). The minimum atomic E-state index is -0.261. The maximum atomic E-state index is 13.0. The van der Waals surface area contributed by atoms with Crippen molar-refractivity contribution in [2.45, 2.75) is 6.54 Å². The van der Waals surface area contributed by atoms with Crippen LogP contribution in [0.15, 0.2) is 42.5 Å². The molecule has 0 saturated carbocycles. The van der Waals surface area contributed by atoms with Gasteiger partial charge in [-0.15, -0.1) is 0 Å². The molecule has 0 heterocycles. The van der Waals surface area contributed by atoms with E-state index in [0.717, 1.165) is 11.3 Å². The highest BCUT2D eigenvalue weighted by atomic mass is 35.5. The number of benzene rings is 2. The van der Waals surface area contributed by atoms with Crippen molar-refractivity contribution < 1.29 is 4.39 Å². The van der Waals surface area contributed by atoms with Crippen LogP contribution in [0, 0.1) is 17.1 Å². The van der Waals surface area contributed by atoms with Crippen LogP contribution < -0.4 is 5.32 Å². The smallest absolute Gasteiger partial charge is 0.123 e. The molecular weight excluding hydrogens is 251 g/mol. The summed E-state index contributed by atoms with van der Waals surface area (Å²) in [7, 11) is 0. The predicted molar refractivity (Wildman–Crippen MR) is 69.9 cm³/mol. The van der Waals surface area contributed by atoms with Crippen LogP contribution in [0.25, 0.3) is 0 Å². The summed E-state index contributed by atoms with van der Waals surface area (Å²) in [6, 6.07) is 13.5. The summed E-state index contributed by atoms with van der Waals surface area (Å²) in [6.07, 6.45) is 0. The molecule has 0 aliphatic rings. The summed E-state index contributed by atoms with van der Waals surface area (Å²) in [5.74, 6) is -0.261. The van der Waals surface area contributed by atoms with Gasteiger partial charge >= 0.3 is 0 Å². The Labute approximate surface area is 110 Å². The van der Waals surface area contributed by atoms with Crippen LogP contribution in [0.4, 0.5) is 10.1 Å². The normalized spacial score (nSPS) is 9.83. The molecule has 0 spiro atoms. The Morgan fingerprint density at radius 1 is 1.22 bits per heavy atom. The van der Waals surface area contributed by atoms with Crippen molar-refractivity contribution in [2.24, 2.45) is 0 Å². The second-order valence-corrected chi connectivity index (χ2v) is 4.20. The molecule has 1 N–H and O–H groups in total. The number of nitrogens with zero attached hydrogens (tertiary/aromatic N) is 1. The number of hydrogen-bond acceptors (Lipinski definition) is 2. The fourth-order valence-corrected chi connectivity index (χ4v) is 1.73. The number of nitrogens with one attached hydrogen (secondary N) is 1. The second-order valence-electron chi connectivity index (χ2n) is 3.79.